The van der Waals surface area contributed by atoms with Crippen molar-refractivity contribution in [3.05, 3.63) is 55.0 Å². The van der Waals surface area contributed by atoms with Gasteiger partial charge in [0.05, 0.1) is 11.1 Å². The largest absolute Gasteiger partial charge is 0.493 e. The molecule has 0 atom stereocenters. The number of allylic oxidation sites excluding steroid dienone is 1. The van der Waals surface area contributed by atoms with Crippen molar-refractivity contribution < 1.29 is 5.11 Å². The molecular weight excluding hydrogens is 298 g/mol. The predicted octanol–water partition coefficient (Wildman–Crippen LogP) is 2.67. The van der Waals surface area contributed by atoms with Crippen molar-refractivity contribution in [3.8, 4) is 5.88 Å². The van der Waals surface area contributed by atoms with E-state index in [0.29, 0.717) is 15.6 Å². The number of rotatable bonds is 2. The van der Waals surface area contributed by atoms with Gasteiger partial charge in [0.25, 0.3) is 0 Å². The van der Waals surface area contributed by atoms with E-state index in [-0.39, 0.29) is 10.8 Å². The van der Waals surface area contributed by atoms with Crippen LogP contribution in [0, 0.1) is 0 Å². The third-order valence-electron chi connectivity index (χ3n) is 2.69. The fourth-order valence-corrected chi connectivity index (χ4v) is 2.58. The van der Waals surface area contributed by atoms with Crippen molar-refractivity contribution in [2.75, 3.05) is 0 Å². The maximum atomic E-state index is 11.2. The summed E-state index contributed by atoms with van der Waals surface area (Å²) in [6, 6.07) is 7.20. The second-order valence-electron chi connectivity index (χ2n) is 4.03. The molecule has 100 valence electrons. The van der Waals surface area contributed by atoms with Crippen molar-refractivity contribution in [1.82, 2.24) is 4.98 Å². The van der Waals surface area contributed by atoms with Crippen LogP contribution in [0.3, 0.4) is 0 Å². The molecule has 2 N–H and O–H groups in total. The molecule has 1 aliphatic heterocycles. The Morgan fingerprint density at radius 3 is 2.70 bits per heavy atom. The Hall–Kier alpha value is -2.18. The Balaban J connectivity index is 2.00. The van der Waals surface area contributed by atoms with E-state index in [4.69, 9.17) is 11.6 Å². The Morgan fingerprint density at radius 2 is 2.05 bits per heavy atom. The Morgan fingerprint density at radius 1 is 1.30 bits per heavy atom. The lowest BCUT2D eigenvalue weighted by Gasteiger charge is -2.02. The molecule has 0 saturated heterocycles. The number of thiazole rings is 1. The summed E-state index contributed by atoms with van der Waals surface area (Å²) in [5.41, 5.74) is 2.25. The molecule has 1 aromatic carbocycles. The molecule has 1 aromatic heterocycles. The number of aromatic nitrogens is 1. The summed E-state index contributed by atoms with van der Waals surface area (Å²) in [4.78, 5) is 13.6. The zero-order valence-electron chi connectivity index (χ0n) is 10.0. The highest BCUT2D eigenvalue weighted by Gasteiger charge is 2.15. The van der Waals surface area contributed by atoms with E-state index in [9.17, 15) is 9.90 Å². The van der Waals surface area contributed by atoms with Crippen LogP contribution in [0.2, 0.25) is 5.02 Å². The standard InChI is InChI=1S/C13H8ClN3O2S/c14-9-3-1-7(2-4-9)11-8(6-15-17-11)5-10-12(18)16-13(19)20-10/h1-6,18H,(H,16,19). The lowest BCUT2D eigenvalue weighted by atomic mass is 10.0. The third kappa shape index (κ3) is 2.43. The minimum atomic E-state index is -0.311. The van der Waals surface area contributed by atoms with Crippen molar-refractivity contribution in [3.63, 3.8) is 0 Å². The van der Waals surface area contributed by atoms with Crippen molar-refractivity contribution in [2.24, 2.45) is 10.2 Å². The smallest absolute Gasteiger partial charge is 0.307 e. The summed E-state index contributed by atoms with van der Waals surface area (Å²) in [6.45, 7) is 0. The van der Waals surface area contributed by atoms with Crippen LogP contribution in [0.25, 0.3) is 6.08 Å². The van der Waals surface area contributed by atoms with Crippen LogP contribution >= 0.6 is 22.9 Å². The van der Waals surface area contributed by atoms with Crippen molar-refractivity contribution in [2.45, 2.75) is 0 Å². The highest BCUT2D eigenvalue weighted by atomic mass is 35.5. The normalized spacial score (nSPS) is 15.8. The monoisotopic (exact) mass is 305 g/mol. The van der Waals surface area contributed by atoms with Crippen molar-refractivity contribution in [1.29, 1.82) is 0 Å². The third-order valence-corrected chi connectivity index (χ3v) is 3.76. The summed E-state index contributed by atoms with van der Waals surface area (Å²) in [5, 5.41) is 18.2. The molecule has 1 aliphatic rings. The van der Waals surface area contributed by atoms with E-state index >= 15 is 0 Å². The topological polar surface area (TPSA) is 77.8 Å². The van der Waals surface area contributed by atoms with E-state index in [2.05, 4.69) is 15.2 Å². The first kappa shape index (κ1) is 12.8. The molecule has 0 bridgehead atoms. The number of halogens is 1. The minimum Gasteiger partial charge on any atom is -0.493 e. The first-order chi connectivity index (χ1) is 9.63. The second-order valence-corrected chi connectivity index (χ2v) is 5.48. The van der Waals surface area contributed by atoms with Gasteiger partial charge in [0, 0.05) is 16.2 Å². The highest BCUT2D eigenvalue weighted by Crippen LogP contribution is 2.23. The maximum Gasteiger partial charge on any atom is 0.307 e. The number of hydrogen-bond acceptors (Lipinski definition) is 5. The Kier molecular flexibility index (Phi) is 3.25. The number of aromatic amines is 1. The predicted molar refractivity (Wildman–Crippen MR) is 81.1 cm³/mol. The number of nitrogens with one attached hydrogen (secondary N) is 1. The van der Waals surface area contributed by atoms with Gasteiger partial charge in [0.15, 0.2) is 0 Å². The van der Waals surface area contributed by atoms with E-state index in [1.807, 2.05) is 12.1 Å². The molecule has 20 heavy (non-hydrogen) atoms. The summed E-state index contributed by atoms with van der Waals surface area (Å²) in [6.07, 6.45) is 3.25. The summed E-state index contributed by atoms with van der Waals surface area (Å²) in [5.74, 6) is -0.150. The summed E-state index contributed by atoms with van der Waals surface area (Å²) in [7, 11) is 0. The fraction of sp³-hybridized carbons (Fsp3) is 0. The number of H-pyrrole nitrogens is 1. The second kappa shape index (κ2) is 5.07. The van der Waals surface area contributed by atoms with Gasteiger partial charge in [0.1, 0.15) is 5.71 Å². The summed E-state index contributed by atoms with van der Waals surface area (Å²) >= 11 is 6.78. The van der Waals surface area contributed by atoms with Gasteiger partial charge >= 0.3 is 4.87 Å². The fourth-order valence-electron chi connectivity index (χ4n) is 1.78. The van der Waals surface area contributed by atoms with Gasteiger partial charge in [0.2, 0.25) is 5.88 Å². The Bertz CT molecular complexity index is 800. The number of nitrogens with zero attached hydrogens (tertiary/aromatic N) is 2. The van der Waals surface area contributed by atoms with Crippen LogP contribution in [0.5, 0.6) is 5.88 Å². The zero-order valence-corrected chi connectivity index (χ0v) is 11.6. The quantitative estimate of drug-likeness (QED) is 0.894. The van der Waals surface area contributed by atoms with E-state index in [1.54, 1.807) is 24.4 Å². The van der Waals surface area contributed by atoms with E-state index in [1.165, 1.54) is 0 Å². The summed E-state index contributed by atoms with van der Waals surface area (Å²) < 4.78 is 0. The molecule has 0 saturated carbocycles. The molecule has 0 spiro atoms. The highest BCUT2D eigenvalue weighted by molar-refractivity contribution is 7.10. The Labute approximate surface area is 122 Å². The van der Waals surface area contributed by atoms with Crippen LogP contribution in [0.1, 0.15) is 10.4 Å². The zero-order chi connectivity index (χ0) is 14.1. The van der Waals surface area contributed by atoms with E-state index < -0.39 is 0 Å². The van der Waals surface area contributed by atoms with Crippen LogP contribution in [-0.4, -0.2) is 22.0 Å². The van der Waals surface area contributed by atoms with Crippen molar-refractivity contribution >= 4 is 40.9 Å². The van der Waals surface area contributed by atoms with Crippen LogP contribution < -0.4 is 4.87 Å². The molecule has 0 fully saturated rings. The SMILES string of the molecule is O=c1[nH]c(O)c(C=C2C=NN=C2c2ccc(Cl)cc2)s1. The van der Waals surface area contributed by atoms with Crippen LogP contribution in [0.4, 0.5) is 0 Å². The first-order valence-electron chi connectivity index (χ1n) is 5.64. The van der Waals surface area contributed by atoms with Gasteiger partial charge in [-0.2, -0.15) is 5.10 Å². The number of benzene rings is 1. The molecule has 0 unspecified atom stereocenters. The average Bonchev–Trinajstić information content (AvgIpc) is 2.98. The molecule has 7 heteroatoms. The van der Waals surface area contributed by atoms with Gasteiger partial charge < -0.3 is 5.11 Å². The molecule has 2 heterocycles. The lowest BCUT2D eigenvalue weighted by molar-refractivity contribution is 0.455. The molecule has 5 nitrogen and oxygen atoms in total. The average molecular weight is 306 g/mol. The molecule has 3 rings (SSSR count). The van der Waals surface area contributed by atoms with E-state index in [0.717, 1.165) is 22.5 Å². The maximum absolute atomic E-state index is 11.2. The number of aromatic hydroxyl groups is 1. The molecule has 0 amide bonds. The van der Waals surface area contributed by atoms with Gasteiger partial charge in [-0.1, -0.05) is 35.1 Å². The van der Waals surface area contributed by atoms with Gasteiger partial charge in [-0.05, 0) is 18.2 Å². The van der Waals surface area contributed by atoms with Crippen LogP contribution in [-0.2, 0) is 0 Å². The molecular formula is C13H8ClN3O2S. The molecule has 0 aliphatic carbocycles. The molecule has 2 aromatic rings. The molecule has 0 radical (unpaired) electrons. The van der Waals surface area contributed by atoms with Gasteiger partial charge in [-0.15, -0.1) is 5.10 Å². The minimum absolute atomic E-state index is 0.150. The van der Waals surface area contributed by atoms with Gasteiger partial charge in [-0.3, -0.25) is 9.78 Å². The van der Waals surface area contributed by atoms with Crippen LogP contribution in [0.15, 0.2) is 44.8 Å². The lowest BCUT2D eigenvalue weighted by Crippen LogP contribution is -2.01. The first-order valence-corrected chi connectivity index (χ1v) is 6.84. The number of hydrogen-bond donors (Lipinski definition) is 2. The van der Waals surface area contributed by atoms with Gasteiger partial charge in [-0.25, -0.2) is 0 Å².